The zero-order chi connectivity index (χ0) is 36.0. The van der Waals surface area contributed by atoms with E-state index in [2.05, 4.69) is 13.8 Å². The number of rotatable bonds is 33. The van der Waals surface area contributed by atoms with E-state index in [0.29, 0.717) is 6.42 Å². The van der Waals surface area contributed by atoms with Gasteiger partial charge < -0.3 is 39.4 Å². The summed E-state index contributed by atoms with van der Waals surface area (Å²) in [7, 11) is 0. The van der Waals surface area contributed by atoms with E-state index in [4.69, 9.17) is 18.9 Å². The molecule has 1 aliphatic rings. The predicted octanol–water partition coefficient (Wildman–Crippen LogP) is 7.44. The molecule has 10 nitrogen and oxygen atoms in total. The number of hydrogen-bond donors (Lipinski definition) is 4. The molecular weight excluding hydrogens is 628 g/mol. The van der Waals surface area contributed by atoms with Gasteiger partial charge in [0.15, 0.2) is 12.4 Å². The third-order valence-electron chi connectivity index (χ3n) is 9.49. The molecule has 290 valence electrons. The molecule has 0 aromatic carbocycles. The van der Waals surface area contributed by atoms with E-state index in [9.17, 15) is 30.0 Å². The first-order valence-electron chi connectivity index (χ1n) is 20.1. The molecule has 1 unspecified atom stereocenters. The van der Waals surface area contributed by atoms with E-state index in [1.54, 1.807) is 0 Å². The van der Waals surface area contributed by atoms with Crippen molar-refractivity contribution in [3.05, 3.63) is 0 Å². The van der Waals surface area contributed by atoms with Crippen molar-refractivity contribution in [2.45, 2.75) is 218 Å². The number of carbonyl (C=O) groups is 2. The molecule has 0 amide bonds. The lowest BCUT2D eigenvalue weighted by molar-refractivity contribution is -0.305. The maximum absolute atomic E-state index is 12.7. The van der Waals surface area contributed by atoms with Gasteiger partial charge in [-0.25, -0.2) is 0 Å². The van der Waals surface area contributed by atoms with Gasteiger partial charge in [-0.2, -0.15) is 0 Å². The van der Waals surface area contributed by atoms with Crippen LogP contribution in [-0.4, -0.2) is 89.0 Å². The fourth-order valence-corrected chi connectivity index (χ4v) is 6.25. The van der Waals surface area contributed by atoms with Crippen LogP contribution in [0.2, 0.25) is 0 Å². The quantitative estimate of drug-likeness (QED) is 0.0401. The van der Waals surface area contributed by atoms with Crippen molar-refractivity contribution in [2.75, 3.05) is 19.8 Å². The lowest BCUT2D eigenvalue weighted by Crippen LogP contribution is -2.59. The van der Waals surface area contributed by atoms with Crippen molar-refractivity contribution in [1.82, 2.24) is 0 Å². The van der Waals surface area contributed by atoms with E-state index < -0.39 is 49.4 Å². The number of unbranched alkanes of at least 4 members (excludes halogenated alkanes) is 22. The van der Waals surface area contributed by atoms with Crippen LogP contribution in [-0.2, 0) is 28.5 Å². The number of aliphatic hydroxyl groups is 4. The number of hydrogen-bond acceptors (Lipinski definition) is 10. The molecule has 1 saturated heterocycles. The van der Waals surface area contributed by atoms with Crippen LogP contribution in [0.4, 0.5) is 0 Å². The summed E-state index contributed by atoms with van der Waals surface area (Å²) in [4.78, 5) is 25.2. The van der Waals surface area contributed by atoms with Gasteiger partial charge in [0.25, 0.3) is 0 Å². The third kappa shape index (κ3) is 23.7. The van der Waals surface area contributed by atoms with Crippen molar-refractivity contribution in [1.29, 1.82) is 0 Å². The first-order valence-corrected chi connectivity index (χ1v) is 20.1. The van der Waals surface area contributed by atoms with Gasteiger partial charge in [0.1, 0.15) is 31.0 Å². The smallest absolute Gasteiger partial charge is 0.306 e. The molecule has 0 aliphatic carbocycles. The van der Waals surface area contributed by atoms with Crippen molar-refractivity contribution in [3.63, 3.8) is 0 Å². The first-order chi connectivity index (χ1) is 23.8. The molecule has 0 bridgehead atoms. The third-order valence-corrected chi connectivity index (χ3v) is 9.49. The lowest BCUT2D eigenvalue weighted by Gasteiger charge is -2.39. The van der Waals surface area contributed by atoms with E-state index >= 15 is 0 Å². The van der Waals surface area contributed by atoms with Crippen LogP contribution in [0, 0.1) is 0 Å². The standard InChI is InChI=1S/C39H74O10/c1-3-5-7-9-11-13-15-16-18-19-21-23-25-27-34(41)46-30-32(31-47-39-38(45)37(44)36(43)33(29-40)49-39)48-35(42)28-26-24-22-20-17-14-12-10-8-6-4-2/h32-33,36-40,43-45H,3-31H2,1-2H3/t32?,33-,36+,37+,38+,39-/m1/s1. The molecule has 49 heavy (non-hydrogen) atoms. The summed E-state index contributed by atoms with van der Waals surface area (Å²) in [5, 5.41) is 39.9. The van der Waals surface area contributed by atoms with Gasteiger partial charge in [-0.15, -0.1) is 0 Å². The van der Waals surface area contributed by atoms with Crippen LogP contribution in [0.25, 0.3) is 0 Å². The minimum atomic E-state index is -1.59. The molecule has 0 radical (unpaired) electrons. The highest BCUT2D eigenvalue weighted by atomic mass is 16.7. The fraction of sp³-hybridized carbons (Fsp3) is 0.949. The Morgan fingerprint density at radius 2 is 0.959 bits per heavy atom. The fourth-order valence-electron chi connectivity index (χ4n) is 6.25. The maximum Gasteiger partial charge on any atom is 0.306 e. The Morgan fingerprint density at radius 1 is 0.551 bits per heavy atom. The van der Waals surface area contributed by atoms with Gasteiger partial charge >= 0.3 is 11.9 Å². The molecule has 0 saturated carbocycles. The minimum Gasteiger partial charge on any atom is -0.462 e. The normalized spacial score (nSPS) is 21.5. The van der Waals surface area contributed by atoms with Crippen molar-refractivity contribution < 1.29 is 49.0 Å². The molecular formula is C39H74O10. The first kappa shape index (κ1) is 45.7. The zero-order valence-corrected chi connectivity index (χ0v) is 31.2. The average molecular weight is 703 g/mol. The van der Waals surface area contributed by atoms with E-state index in [1.165, 1.54) is 109 Å². The lowest BCUT2D eigenvalue weighted by atomic mass is 9.99. The molecule has 1 fully saturated rings. The van der Waals surface area contributed by atoms with Gasteiger partial charge in [0, 0.05) is 12.8 Å². The van der Waals surface area contributed by atoms with E-state index in [-0.39, 0.29) is 32.0 Å². The molecule has 1 aliphatic heterocycles. The van der Waals surface area contributed by atoms with E-state index in [0.717, 1.165) is 38.5 Å². The molecule has 0 aromatic heterocycles. The van der Waals surface area contributed by atoms with Crippen LogP contribution < -0.4 is 0 Å². The Balaban J connectivity index is 2.37. The summed E-state index contributed by atoms with van der Waals surface area (Å²) >= 11 is 0. The molecule has 0 spiro atoms. The van der Waals surface area contributed by atoms with Gasteiger partial charge in [-0.1, -0.05) is 155 Å². The molecule has 4 N–H and O–H groups in total. The summed E-state index contributed by atoms with van der Waals surface area (Å²) in [6, 6.07) is 0. The molecule has 6 atom stereocenters. The largest absolute Gasteiger partial charge is 0.462 e. The van der Waals surface area contributed by atoms with Crippen molar-refractivity contribution in [3.8, 4) is 0 Å². The van der Waals surface area contributed by atoms with Crippen LogP contribution in [0.3, 0.4) is 0 Å². The van der Waals surface area contributed by atoms with Crippen molar-refractivity contribution >= 4 is 11.9 Å². The Kier molecular flexibility index (Phi) is 29.3. The number of carbonyl (C=O) groups excluding carboxylic acids is 2. The summed E-state index contributed by atoms with van der Waals surface area (Å²) in [6.07, 6.45) is 21.1. The van der Waals surface area contributed by atoms with Crippen LogP contribution in [0.1, 0.15) is 181 Å². The molecule has 1 rings (SSSR count). The number of aliphatic hydroxyl groups excluding tert-OH is 4. The Hall–Kier alpha value is -1.30. The summed E-state index contributed by atoms with van der Waals surface area (Å²) in [5.74, 6) is -0.798. The van der Waals surface area contributed by atoms with Crippen molar-refractivity contribution in [2.24, 2.45) is 0 Å². The summed E-state index contributed by atoms with van der Waals surface area (Å²) < 4.78 is 22.1. The summed E-state index contributed by atoms with van der Waals surface area (Å²) in [6.45, 7) is 3.41. The monoisotopic (exact) mass is 703 g/mol. The molecule has 0 aromatic rings. The Bertz CT molecular complexity index is 779. The van der Waals surface area contributed by atoms with Gasteiger partial charge in [-0.3, -0.25) is 9.59 Å². The second-order valence-corrected chi connectivity index (χ2v) is 14.1. The average Bonchev–Trinajstić information content (AvgIpc) is 3.10. The second-order valence-electron chi connectivity index (χ2n) is 14.1. The number of esters is 2. The SMILES string of the molecule is CCCCCCCCCCCCCCCC(=O)OCC(CO[C@@H]1O[C@H](CO)[C@H](O)[C@H](O)[C@@H]1O)OC(=O)CCCCCCCCCCCCC. The van der Waals surface area contributed by atoms with Gasteiger partial charge in [-0.05, 0) is 12.8 Å². The highest BCUT2D eigenvalue weighted by Crippen LogP contribution is 2.22. The molecule has 10 heteroatoms. The van der Waals surface area contributed by atoms with Gasteiger partial charge in [0.05, 0.1) is 13.2 Å². The van der Waals surface area contributed by atoms with E-state index in [1.807, 2.05) is 0 Å². The summed E-state index contributed by atoms with van der Waals surface area (Å²) in [5.41, 5.74) is 0. The van der Waals surface area contributed by atoms with Crippen LogP contribution >= 0.6 is 0 Å². The zero-order valence-electron chi connectivity index (χ0n) is 31.2. The van der Waals surface area contributed by atoms with Crippen LogP contribution in [0.5, 0.6) is 0 Å². The maximum atomic E-state index is 12.7. The van der Waals surface area contributed by atoms with Gasteiger partial charge in [0.2, 0.25) is 0 Å². The Morgan fingerprint density at radius 3 is 1.39 bits per heavy atom. The highest BCUT2D eigenvalue weighted by molar-refractivity contribution is 5.70. The minimum absolute atomic E-state index is 0.210. The predicted molar refractivity (Wildman–Crippen MR) is 192 cm³/mol. The molecule has 1 heterocycles. The highest BCUT2D eigenvalue weighted by Gasteiger charge is 2.44. The second kappa shape index (κ2) is 31.4. The Labute approximate surface area is 298 Å². The topological polar surface area (TPSA) is 152 Å². The van der Waals surface area contributed by atoms with Crippen LogP contribution in [0.15, 0.2) is 0 Å². The number of ether oxygens (including phenoxy) is 4.